The molecular weight excluding hydrogens is 338 g/mol. The Morgan fingerprint density at radius 2 is 1.67 bits per heavy atom. The van der Waals surface area contributed by atoms with Crippen LogP contribution in [0.1, 0.15) is 17.2 Å². The van der Waals surface area contributed by atoms with E-state index >= 15 is 0 Å². The number of para-hydroxylation sites is 1. The Bertz CT molecular complexity index is 1070. The minimum absolute atomic E-state index is 0.00196. The van der Waals surface area contributed by atoms with E-state index in [1.54, 1.807) is 11.8 Å². The second-order valence-corrected chi connectivity index (χ2v) is 7.27. The molecule has 3 nitrogen and oxygen atoms in total. The van der Waals surface area contributed by atoms with Crippen molar-refractivity contribution >= 4 is 34.4 Å². The van der Waals surface area contributed by atoms with Crippen molar-refractivity contribution in [1.82, 2.24) is 15.0 Å². The Morgan fingerprint density at radius 1 is 0.875 bits per heavy atom. The van der Waals surface area contributed by atoms with Crippen molar-refractivity contribution in [2.75, 3.05) is 0 Å². The standard InChI is InChI=1S/C19H12ClN3S/c20-12-9-10-14-18(11-12)24-17-8-4-1-5-13(17)19(14)23-16-7-3-2-6-15(16)21-22-23/h1-11,19H. The van der Waals surface area contributed by atoms with Crippen molar-refractivity contribution in [2.45, 2.75) is 15.8 Å². The molecule has 5 rings (SSSR count). The molecule has 0 saturated carbocycles. The fraction of sp³-hybridized carbons (Fsp3) is 0.0526. The third kappa shape index (κ3) is 2.07. The van der Waals surface area contributed by atoms with Gasteiger partial charge in [0.25, 0.3) is 0 Å². The number of aromatic nitrogens is 3. The van der Waals surface area contributed by atoms with Crippen LogP contribution in [0.4, 0.5) is 0 Å². The fourth-order valence-corrected chi connectivity index (χ4v) is 4.65. The van der Waals surface area contributed by atoms with Crippen LogP contribution in [0.25, 0.3) is 11.0 Å². The van der Waals surface area contributed by atoms with E-state index in [2.05, 4.69) is 46.7 Å². The summed E-state index contributed by atoms with van der Waals surface area (Å²) in [4.78, 5) is 2.41. The lowest BCUT2D eigenvalue weighted by molar-refractivity contribution is 0.571. The van der Waals surface area contributed by atoms with Gasteiger partial charge in [-0.25, -0.2) is 4.68 Å². The monoisotopic (exact) mass is 349 g/mol. The normalized spacial score (nSPS) is 16.0. The van der Waals surface area contributed by atoms with Gasteiger partial charge in [-0.1, -0.05) is 65.0 Å². The zero-order valence-corrected chi connectivity index (χ0v) is 14.1. The van der Waals surface area contributed by atoms with Gasteiger partial charge >= 0.3 is 0 Å². The van der Waals surface area contributed by atoms with E-state index in [0.29, 0.717) is 0 Å². The molecule has 0 fully saturated rings. The van der Waals surface area contributed by atoms with Crippen LogP contribution in [0.2, 0.25) is 5.02 Å². The van der Waals surface area contributed by atoms with Gasteiger partial charge in [-0.05, 0) is 41.5 Å². The van der Waals surface area contributed by atoms with Gasteiger partial charge in [0.15, 0.2) is 0 Å². The molecule has 5 heteroatoms. The molecule has 1 atom stereocenters. The van der Waals surface area contributed by atoms with Gasteiger partial charge in [0, 0.05) is 14.8 Å². The number of hydrogen-bond donors (Lipinski definition) is 0. The average molecular weight is 350 g/mol. The minimum Gasteiger partial charge on any atom is -0.233 e. The number of halogens is 1. The lowest BCUT2D eigenvalue weighted by Crippen LogP contribution is -2.18. The Hall–Kier alpha value is -2.30. The van der Waals surface area contributed by atoms with Gasteiger partial charge in [0.05, 0.1) is 5.52 Å². The summed E-state index contributed by atoms with van der Waals surface area (Å²) in [7, 11) is 0. The molecule has 1 unspecified atom stereocenters. The topological polar surface area (TPSA) is 30.7 Å². The van der Waals surface area contributed by atoms with E-state index in [1.807, 2.05) is 35.0 Å². The first kappa shape index (κ1) is 14.1. The van der Waals surface area contributed by atoms with Crippen LogP contribution in [-0.4, -0.2) is 15.0 Å². The molecule has 0 bridgehead atoms. The highest BCUT2D eigenvalue weighted by molar-refractivity contribution is 7.99. The van der Waals surface area contributed by atoms with Crippen LogP contribution < -0.4 is 0 Å². The number of nitrogens with zero attached hydrogens (tertiary/aromatic N) is 3. The summed E-state index contributed by atoms with van der Waals surface area (Å²) in [5.74, 6) is 0. The maximum Gasteiger partial charge on any atom is 0.113 e. The second kappa shape index (κ2) is 5.36. The fourth-order valence-electron chi connectivity index (χ4n) is 3.25. The summed E-state index contributed by atoms with van der Waals surface area (Å²) >= 11 is 7.98. The van der Waals surface area contributed by atoms with Gasteiger partial charge in [-0.15, -0.1) is 5.10 Å². The predicted molar refractivity (Wildman–Crippen MR) is 96.8 cm³/mol. The van der Waals surface area contributed by atoms with Gasteiger partial charge in [-0.2, -0.15) is 0 Å². The highest BCUT2D eigenvalue weighted by atomic mass is 35.5. The van der Waals surface area contributed by atoms with E-state index in [0.717, 1.165) is 16.1 Å². The Labute approximate surface area is 148 Å². The van der Waals surface area contributed by atoms with Crippen LogP contribution in [-0.2, 0) is 0 Å². The van der Waals surface area contributed by atoms with Crippen molar-refractivity contribution in [3.8, 4) is 0 Å². The first-order valence-corrected chi connectivity index (χ1v) is 8.87. The predicted octanol–water partition coefficient (Wildman–Crippen LogP) is 5.19. The summed E-state index contributed by atoms with van der Waals surface area (Å²) in [6.07, 6.45) is 0. The first-order valence-electron chi connectivity index (χ1n) is 7.67. The maximum atomic E-state index is 6.22. The molecular formula is C19H12ClN3S. The number of benzene rings is 3. The molecule has 4 aromatic rings. The van der Waals surface area contributed by atoms with Crippen LogP contribution in [0.3, 0.4) is 0 Å². The average Bonchev–Trinajstić information content (AvgIpc) is 3.03. The molecule has 116 valence electrons. The van der Waals surface area contributed by atoms with E-state index in [4.69, 9.17) is 11.6 Å². The number of rotatable bonds is 1. The zero-order valence-electron chi connectivity index (χ0n) is 12.6. The molecule has 24 heavy (non-hydrogen) atoms. The maximum absolute atomic E-state index is 6.22. The van der Waals surface area contributed by atoms with Crippen LogP contribution >= 0.6 is 23.4 Å². The summed E-state index contributed by atoms with van der Waals surface area (Å²) in [6.45, 7) is 0. The van der Waals surface area contributed by atoms with E-state index < -0.39 is 0 Å². The van der Waals surface area contributed by atoms with Gasteiger partial charge in [0.2, 0.25) is 0 Å². The number of hydrogen-bond acceptors (Lipinski definition) is 3. The van der Waals surface area contributed by atoms with Gasteiger partial charge in [0.1, 0.15) is 11.6 Å². The molecule has 1 aliphatic heterocycles. The summed E-state index contributed by atoms with van der Waals surface area (Å²) in [5, 5.41) is 9.55. The lowest BCUT2D eigenvalue weighted by atomic mass is 9.97. The molecule has 0 amide bonds. The molecule has 1 aliphatic rings. The van der Waals surface area contributed by atoms with Crippen molar-refractivity contribution in [1.29, 1.82) is 0 Å². The van der Waals surface area contributed by atoms with Crippen molar-refractivity contribution in [3.63, 3.8) is 0 Å². The van der Waals surface area contributed by atoms with Crippen LogP contribution in [0.5, 0.6) is 0 Å². The van der Waals surface area contributed by atoms with Crippen LogP contribution in [0, 0.1) is 0 Å². The Kier molecular flexibility index (Phi) is 3.15. The Balaban J connectivity index is 1.82. The zero-order chi connectivity index (χ0) is 16.1. The highest BCUT2D eigenvalue weighted by Gasteiger charge is 2.29. The first-order chi connectivity index (χ1) is 11.8. The van der Waals surface area contributed by atoms with Crippen molar-refractivity contribution in [2.24, 2.45) is 0 Å². The SMILES string of the molecule is Clc1ccc2c(c1)Sc1ccccc1C2n1nnc2ccccc21. The molecule has 1 aromatic heterocycles. The van der Waals surface area contributed by atoms with Crippen molar-refractivity contribution < 1.29 is 0 Å². The summed E-state index contributed by atoms with van der Waals surface area (Å²) in [5.41, 5.74) is 4.39. The molecule has 3 aromatic carbocycles. The van der Waals surface area contributed by atoms with E-state index in [9.17, 15) is 0 Å². The Morgan fingerprint density at radius 3 is 2.62 bits per heavy atom. The highest BCUT2D eigenvalue weighted by Crippen LogP contribution is 2.47. The molecule has 0 saturated heterocycles. The largest absolute Gasteiger partial charge is 0.233 e. The van der Waals surface area contributed by atoms with Crippen LogP contribution in [0.15, 0.2) is 76.5 Å². The molecule has 0 spiro atoms. The van der Waals surface area contributed by atoms with Crippen molar-refractivity contribution in [3.05, 3.63) is 82.9 Å². The van der Waals surface area contributed by atoms with E-state index in [-0.39, 0.29) is 6.04 Å². The second-order valence-electron chi connectivity index (χ2n) is 5.75. The molecule has 0 aliphatic carbocycles. The van der Waals surface area contributed by atoms with E-state index in [1.165, 1.54) is 20.9 Å². The number of fused-ring (bicyclic) bond motifs is 3. The molecule has 2 heterocycles. The summed E-state index contributed by atoms with van der Waals surface area (Å²) in [6, 6.07) is 22.6. The smallest absolute Gasteiger partial charge is 0.113 e. The lowest BCUT2D eigenvalue weighted by Gasteiger charge is -2.28. The minimum atomic E-state index is 0.00196. The van der Waals surface area contributed by atoms with Gasteiger partial charge in [-0.3, -0.25) is 0 Å². The third-order valence-corrected chi connectivity index (χ3v) is 5.73. The molecule has 0 radical (unpaired) electrons. The molecule has 0 N–H and O–H groups in total. The third-order valence-electron chi connectivity index (χ3n) is 4.33. The quantitative estimate of drug-likeness (QED) is 0.417. The van der Waals surface area contributed by atoms with Gasteiger partial charge < -0.3 is 0 Å². The summed E-state index contributed by atoms with van der Waals surface area (Å²) < 4.78 is 2.01.